The van der Waals surface area contributed by atoms with E-state index in [4.69, 9.17) is 10.2 Å². The fraction of sp³-hybridized carbons (Fsp3) is 0.857. The molecule has 0 aliphatic heterocycles. The van der Waals surface area contributed by atoms with Crippen LogP contribution in [-0.4, -0.2) is 10.2 Å². The van der Waals surface area contributed by atoms with Crippen LogP contribution in [0.3, 0.4) is 0 Å². The van der Waals surface area contributed by atoms with Gasteiger partial charge in [0.15, 0.2) is 0 Å². The van der Waals surface area contributed by atoms with Gasteiger partial charge in [-0.25, -0.2) is 0 Å². The van der Waals surface area contributed by atoms with Crippen LogP contribution in [0, 0.1) is 23.2 Å². The average Bonchev–Trinajstić information content (AvgIpc) is 2.74. The van der Waals surface area contributed by atoms with Crippen molar-refractivity contribution in [1.82, 2.24) is 10.2 Å². The molecule has 5 rings (SSSR count). The highest BCUT2D eigenvalue weighted by Crippen LogP contribution is 2.60. The molecule has 1 aromatic rings. The molecule has 0 spiro atoms. The Labute approximate surface area is 107 Å². The summed E-state index contributed by atoms with van der Waals surface area (Å²) in [5.74, 6) is 4.33. The Morgan fingerprint density at radius 3 is 2.06 bits per heavy atom. The molecule has 1 heterocycles. The van der Waals surface area contributed by atoms with Crippen molar-refractivity contribution in [3.05, 3.63) is 11.8 Å². The third-order valence-electron chi connectivity index (χ3n) is 5.37. The first kappa shape index (κ1) is 11.0. The molecule has 4 aliphatic carbocycles. The van der Waals surface area contributed by atoms with E-state index in [1.165, 1.54) is 38.5 Å². The first-order valence-corrected chi connectivity index (χ1v) is 7.26. The second kappa shape index (κ2) is 3.80. The van der Waals surface area contributed by atoms with Gasteiger partial charge in [0.05, 0.1) is 6.54 Å². The molecule has 0 saturated heterocycles. The SMILES string of the molecule is NCc1nnc(CC23CC4CC(CC(C4)C2)C3)o1. The van der Waals surface area contributed by atoms with Crippen molar-refractivity contribution in [1.29, 1.82) is 0 Å². The second-order valence-corrected chi connectivity index (χ2v) is 6.89. The standard InChI is InChI=1S/C14H21N3O/c15-8-13-17-16-12(18-13)7-14-4-9-1-10(5-14)3-11(2-9)6-14/h9-11H,1-8,15H2. The van der Waals surface area contributed by atoms with E-state index < -0.39 is 0 Å². The molecule has 0 atom stereocenters. The van der Waals surface area contributed by atoms with E-state index in [0.717, 1.165) is 30.1 Å². The fourth-order valence-electron chi connectivity index (χ4n) is 5.27. The van der Waals surface area contributed by atoms with Gasteiger partial charge in [0.1, 0.15) is 0 Å². The lowest BCUT2D eigenvalue weighted by Crippen LogP contribution is -2.47. The van der Waals surface area contributed by atoms with Crippen LogP contribution in [0.4, 0.5) is 0 Å². The van der Waals surface area contributed by atoms with Crippen LogP contribution in [0.1, 0.15) is 50.3 Å². The van der Waals surface area contributed by atoms with E-state index in [1.807, 2.05) is 0 Å². The summed E-state index contributed by atoms with van der Waals surface area (Å²) in [6, 6.07) is 0. The zero-order valence-electron chi connectivity index (χ0n) is 10.8. The van der Waals surface area contributed by atoms with Gasteiger partial charge in [-0.2, -0.15) is 0 Å². The molecule has 4 bridgehead atoms. The van der Waals surface area contributed by atoms with E-state index in [2.05, 4.69) is 10.2 Å². The fourth-order valence-corrected chi connectivity index (χ4v) is 5.27. The summed E-state index contributed by atoms with van der Waals surface area (Å²) in [6.07, 6.45) is 9.60. The summed E-state index contributed by atoms with van der Waals surface area (Å²) in [5.41, 5.74) is 6.01. The van der Waals surface area contributed by atoms with Crippen LogP contribution in [0.5, 0.6) is 0 Å². The number of nitrogens with two attached hydrogens (primary N) is 1. The quantitative estimate of drug-likeness (QED) is 0.890. The number of rotatable bonds is 3. The van der Waals surface area contributed by atoms with Gasteiger partial charge in [0, 0.05) is 6.42 Å². The number of hydrogen-bond acceptors (Lipinski definition) is 4. The topological polar surface area (TPSA) is 64.9 Å². The Balaban J connectivity index is 1.56. The number of aromatic nitrogens is 2. The van der Waals surface area contributed by atoms with Crippen molar-refractivity contribution in [2.75, 3.05) is 0 Å². The largest absolute Gasteiger partial charge is 0.424 e. The van der Waals surface area contributed by atoms with E-state index >= 15 is 0 Å². The first-order valence-electron chi connectivity index (χ1n) is 7.26. The van der Waals surface area contributed by atoms with Gasteiger partial charge < -0.3 is 10.2 Å². The first-order chi connectivity index (χ1) is 8.75. The molecule has 4 saturated carbocycles. The van der Waals surface area contributed by atoms with Gasteiger partial charge in [-0.05, 0) is 61.7 Å². The Hall–Kier alpha value is -0.900. The molecule has 2 N–H and O–H groups in total. The maximum Gasteiger partial charge on any atom is 0.230 e. The van der Waals surface area contributed by atoms with E-state index in [9.17, 15) is 0 Å². The number of hydrogen-bond donors (Lipinski definition) is 1. The van der Waals surface area contributed by atoms with E-state index in [1.54, 1.807) is 0 Å². The summed E-state index contributed by atoms with van der Waals surface area (Å²) < 4.78 is 5.62. The molecule has 4 fully saturated rings. The highest BCUT2D eigenvalue weighted by molar-refractivity contribution is 5.04. The summed E-state index contributed by atoms with van der Waals surface area (Å²) in [7, 11) is 0. The summed E-state index contributed by atoms with van der Waals surface area (Å²) in [6.45, 7) is 0.355. The van der Waals surface area contributed by atoms with Gasteiger partial charge in [0.25, 0.3) is 0 Å². The molecule has 4 aliphatic rings. The number of nitrogens with zero attached hydrogens (tertiary/aromatic N) is 2. The van der Waals surface area contributed by atoms with E-state index in [0.29, 0.717) is 17.9 Å². The van der Waals surface area contributed by atoms with Gasteiger partial charge in [-0.3, -0.25) is 0 Å². The predicted molar refractivity (Wildman–Crippen MR) is 66.5 cm³/mol. The van der Waals surface area contributed by atoms with Gasteiger partial charge >= 0.3 is 0 Å². The summed E-state index contributed by atoms with van der Waals surface area (Å²) >= 11 is 0. The highest BCUT2D eigenvalue weighted by Gasteiger charge is 2.51. The molecular weight excluding hydrogens is 226 g/mol. The van der Waals surface area contributed by atoms with Gasteiger partial charge in [0.2, 0.25) is 11.8 Å². The van der Waals surface area contributed by atoms with Crippen molar-refractivity contribution < 1.29 is 4.42 Å². The minimum atomic E-state index is 0.355. The van der Waals surface area contributed by atoms with Crippen molar-refractivity contribution in [3.8, 4) is 0 Å². The Morgan fingerprint density at radius 2 is 1.56 bits per heavy atom. The predicted octanol–water partition coefficient (Wildman–Crippen LogP) is 2.29. The maximum atomic E-state index is 5.62. The maximum absolute atomic E-state index is 5.62. The normalized spacial score (nSPS) is 41.5. The Bertz CT molecular complexity index is 418. The summed E-state index contributed by atoms with van der Waals surface area (Å²) in [4.78, 5) is 0. The minimum absolute atomic E-state index is 0.355. The lowest BCUT2D eigenvalue weighted by Gasteiger charge is -2.56. The third-order valence-corrected chi connectivity index (χ3v) is 5.37. The monoisotopic (exact) mass is 247 g/mol. The molecule has 4 nitrogen and oxygen atoms in total. The van der Waals surface area contributed by atoms with Gasteiger partial charge in [-0.1, -0.05) is 0 Å². The van der Waals surface area contributed by atoms with Crippen molar-refractivity contribution in [2.45, 2.75) is 51.5 Å². The molecule has 0 aromatic carbocycles. The smallest absolute Gasteiger partial charge is 0.230 e. The van der Waals surface area contributed by atoms with Crippen LogP contribution in [0.25, 0.3) is 0 Å². The highest BCUT2D eigenvalue weighted by atomic mass is 16.4. The zero-order valence-corrected chi connectivity index (χ0v) is 10.8. The molecule has 98 valence electrons. The Kier molecular flexibility index (Phi) is 2.31. The van der Waals surface area contributed by atoms with Crippen molar-refractivity contribution in [2.24, 2.45) is 28.9 Å². The average molecular weight is 247 g/mol. The van der Waals surface area contributed by atoms with Crippen LogP contribution < -0.4 is 5.73 Å². The molecular formula is C14H21N3O. The lowest BCUT2D eigenvalue weighted by atomic mass is 9.49. The zero-order chi connectivity index (χ0) is 12.2. The molecule has 4 heteroatoms. The second-order valence-electron chi connectivity index (χ2n) is 6.89. The third kappa shape index (κ3) is 1.69. The van der Waals surface area contributed by atoms with Gasteiger partial charge in [-0.15, -0.1) is 10.2 Å². The minimum Gasteiger partial charge on any atom is -0.424 e. The molecule has 0 unspecified atom stereocenters. The molecule has 0 amide bonds. The van der Waals surface area contributed by atoms with Crippen molar-refractivity contribution >= 4 is 0 Å². The van der Waals surface area contributed by atoms with Crippen LogP contribution in [0.15, 0.2) is 4.42 Å². The van der Waals surface area contributed by atoms with E-state index in [-0.39, 0.29) is 0 Å². The molecule has 1 aromatic heterocycles. The lowest BCUT2D eigenvalue weighted by molar-refractivity contribution is -0.0551. The molecule has 0 radical (unpaired) electrons. The summed E-state index contributed by atoms with van der Waals surface area (Å²) in [5, 5.41) is 8.16. The molecule has 18 heavy (non-hydrogen) atoms. The van der Waals surface area contributed by atoms with Crippen LogP contribution in [-0.2, 0) is 13.0 Å². The Morgan fingerprint density at radius 1 is 1.00 bits per heavy atom. The van der Waals surface area contributed by atoms with Crippen LogP contribution in [0.2, 0.25) is 0 Å². The van der Waals surface area contributed by atoms with Crippen LogP contribution >= 0.6 is 0 Å². The van der Waals surface area contributed by atoms with Crippen molar-refractivity contribution in [3.63, 3.8) is 0 Å².